The van der Waals surface area contributed by atoms with Crippen molar-refractivity contribution in [3.63, 3.8) is 0 Å². The number of amides is 3. The molecule has 7 nitrogen and oxygen atoms in total. The summed E-state index contributed by atoms with van der Waals surface area (Å²) in [5, 5.41) is 2.98. The number of sulfone groups is 1. The van der Waals surface area contributed by atoms with E-state index in [0.29, 0.717) is 6.54 Å². The first-order chi connectivity index (χ1) is 7.35. The number of nitrogens with two attached hydrogens (primary N) is 1. The van der Waals surface area contributed by atoms with Crippen LogP contribution in [0.2, 0.25) is 0 Å². The van der Waals surface area contributed by atoms with Gasteiger partial charge < -0.3 is 11.1 Å². The molecule has 0 saturated carbocycles. The van der Waals surface area contributed by atoms with Crippen LogP contribution in [-0.4, -0.2) is 44.4 Å². The van der Waals surface area contributed by atoms with Crippen LogP contribution in [0, 0.1) is 0 Å². The van der Waals surface area contributed by atoms with Crippen molar-refractivity contribution in [3.05, 3.63) is 0 Å². The van der Waals surface area contributed by atoms with Crippen LogP contribution in [0.5, 0.6) is 0 Å². The number of hydrogen-bond donors (Lipinski definition) is 3. The lowest BCUT2D eigenvalue weighted by Gasteiger charge is -2.11. The zero-order chi connectivity index (χ0) is 12.8. The zero-order valence-electron chi connectivity index (χ0n) is 9.32. The molecule has 0 rings (SSSR count). The van der Waals surface area contributed by atoms with E-state index in [2.05, 4.69) is 5.32 Å². The smallest absolute Gasteiger partial charge is 0.321 e. The van der Waals surface area contributed by atoms with Gasteiger partial charge in [0.05, 0.1) is 5.75 Å². The Hall–Kier alpha value is -1.15. The molecule has 1 atom stereocenters. The number of carbonyl (C=O) groups is 2. The van der Waals surface area contributed by atoms with Gasteiger partial charge in [-0.1, -0.05) is 0 Å². The Bertz CT molecular complexity index is 352. The number of nitrogens with one attached hydrogen (secondary N) is 2. The van der Waals surface area contributed by atoms with E-state index >= 15 is 0 Å². The van der Waals surface area contributed by atoms with Crippen molar-refractivity contribution in [2.45, 2.75) is 19.1 Å². The van der Waals surface area contributed by atoms with E-state index in [1.165, 1.54) is 6.92 Å². The fourth-order valence-electron chi connectivity index (χ4n) is 0.922. The van der Waals surface area contributed by atoms with Crippen LogP contribution in [0.3, 0.4) is 0 Å². The summed E-state index contributed by atoms with van der Waals surface area (Å²) in [7, 11) is -3.59. The minimum absolute atomic E-state index is 0.0545. The topological polar surface area (TPSA) is 118 Å². The Morgan fingerprint density at radius 3 is 2.38 bits per heavy atom. The summed E-state index contributed by atoms with van der Waals surface area (Å²) in [4.78, 5) is 22.3. The number of rotatable bonds is 5. The monoisotopic (exact) mass is 251 g/mol. The molecule has 0 aliphatic carbocycles. The van der Waals surface area contributed by atoms with Crippen LogP contribution < -0.4 is 16.4 Å². The Labute approximate surface area is 94.7 Å². The first-order valence-corrected chi connectivity index (χ1v) is 6.57. The Kier molecular flexibility index (Phi) is 5.97. The second-order valence-electron chi connectivity index (χ2n) is 3.15. The molecule has 0 aliphatic rings. The van der Waals surface area contributed by atoms with Gasteiger partial charge in [-0.25, -0.2) is 13.2 Å². The first kappa shape index (κ1) is 14.8. The lowest BCUT2D eigenvalue weighted by Crippen LogP contribution is -2.46. The molecule has 8 heteroatoms. The molecular weight excluding hydrogens is 234 g/mol. The minimum Gasteiger partial charge on any atom is -0.338 e. The summed E-state index contributed by atoms with van der Waals surface area (Å²) in [5.74, 6) is -1.13. The van der Waals surface area contributed by atoms with Crippen molar-refractivity contribution in [3.8, 4) is 0 Å². The normalized spacial score (nSPS) is 12.9. The van der Waals surface area contributed by atoms with Gasteiger partial charge in [0.2, 0.25) is 5.91 Å². The van der Waals surface area contributed by atoms with Crippen LogP contribution in [0.25, 0.3) is 0 Å². The van der Waals surface area contributed by atoms with Crippen molar-refractivity contribution in [2.75, 3.05) is 18.8 Å². The minimum atomic E-state index is -3.59. The maximum Gasteiger partial charge on any atom is 0.321 e. The average molecular weight is 251 g/mol. The van der Waals surface area contributed by atoms with Crippen molar-refractivity contribution in [2.24, 2.45) is 5.73 Å². The van der Waals surface area contributed by atoms with E-state index in [0.717, 1.165) is 0 Å². The molecule has 0 aromatic heterocycles. The Morgan fingerprint density at radius 2 is 1.94 bits per heavy atom. The molecule has 0 aromatic carbocycles. The van der Waals surface area contributed by atoms with Gasteiger partial charge in [0.25, 0.3) is 0 Å². The fourth-order valence-corrected chi connectivity index (χ4v) is 1.99. The first-order valence-electron chi connectivity index (χ1n) is 4.85. The summed E-state index contributed by atoms with van der Waals surface area (Å²) < 4.78 is 22.9. The molecule has 4 N–H and O–H groups in total. The van der Waals surface area contributed by atoms with Crippen LogP contribution in [0.15, 0.2) is 0 Å². The predicted octanol–water partition coefficient (Wildman–Crippen LogP) is -1.41. The van der Waals surface area contributed by atoms with Crippen LogP contribution in [-0.2, 0) is 14.6 Å². The van der Waals surface area contributed by atoms with Gasteiger partial charge in [0.1, 0.15) is 5.25 Å². The van der Waals surface area contributed by atoms with E-state index in [4.69, 9.17) is 5.73 Å². The fraction of sp³-hybridized carbons (Fsp3) is 0.750. The standard InChI is InChI=1S/C8H17N3O4S/c1-3-10-8(13)11-7(12)6(2)16(14,15)5-4-9/h6H,3-5,9H2,1-2H3,(H2,10,11,12,13). The molecular formula is C8H17N3O4S. The highest BCUT2D eigenvalue weighted by Crippen LogP contribution is 2.01. The van der Waals surface area contributed by atoms with Gasteiger partial charge in [-0.2, -0.15) is 0 Å². The molecule has 3 amide bonds. The maximum absolute atomic E-state index is 11.4. The molecule has 0 aromatic rings. The summed E-state index contributed by atoms with van der Waals surface area (Å²) in [5.41, 5.74) is 5.11. The van der Waals surface area contributed by atoms with E-state index in [-0.39, 0.29) is 12.3 Å². The van der Waals surface area contributed by atoms with Gasteiger partial charge in [0, 0.05) is 13.1 Å². The van der Waals surface area contributed by atoms with Gasteiger partial charge in [0.15, 0.2) is 9.84 Å². The van der Waals surface area contributed by atoms with Crippen LogP contribution in [0.4, 0.5) is 4.79 Å². The third kappa shape index (κ3) is 4.58. The highest BCUT2D eigenvalue weighted by molar-refractivity contribution is 7.92. The molecule has 0 radical (unpaired) electrons. The van der Waals surface area contributed by atoms with Crippen molar-refractivity contribution >= 4 is 21.8 Å². The van der Waals surface area contributed by atoms with Gasteiger partial charge in [-0.15, -0.1) is 0 Å². The number of hydrogen-bond acceptors (Lipinski definition) is 5. The molecule has 0 fully saturated rings. The van der Waals surface area contributed by atoms with Crippen molar-refractivity contribution < 1.29 is 18.0 Å². The third-order valence-corrected chi connectivity index (χ3v) is 3.98. The lowest BCUT2D eigenvalue weighted by atomic mass is 10.4. The molecule has 1 unspecified atom stereocenters. The molecule has 0 heterocycles. The van der Waals surface area contributed by atoms with Crippen molar-refractivity contribution in [1.82, 2.24) is 10.6 Å². The number of urea groups is 1. The van der Waals surface area contributed by atoms with Gasteiger partial charge >= 0.3 is 6.03 Å². The second-order valence-corrected chi connectivity index (χ2v) is 5.59. The SMILES string of the molecule is CCNC(=O)NC(=O)C(C)S(=O)(=O)CCN. The quantitative estimate of drug-likeness (QED) is 0.555. The van der Waals surface area contributed by atoms with E-state index in [1.807, 2.05) is 5.32 Å². The maximum atomic E-state index is 11.4. The predicted molar refractivity (Wildman–Crippen MR) is 59.5 cm³/mol. The largest absolute Gasteiger partial charge is 0.338 e. The van der Waals surface area contributed by atoms with Gasteiger partial charge in [-0.05, 0) is 13.8 Å². The zero-order valence-corrected chi connectivity index (χ0v) is 10.1. The van der Waals surface area contributed by atoms with E-state index in [1.54, 1.807) is 6.92 Å². The van der Waals surface area contributed by atoms with Crippen molar-refractivity contribution in [1.29, 1.82) is 0 Å². The van der Waals surface area contributed by atoms with E-state index in [9.17, 15) is 18.0 Å². The molecule has 0 saturated heterocycles. The van der Waals surface area contributed by atoms with Crippen LogP contribution in [0.1, 0.15) is 13.8 Å². The van der Waals surface area contributed by atoms with E-state index < -0.39 is 27.0 Å². The van der Waals surface area contributed by atoms with Crippen LogP contribution >= 0.6 is 0 Å². The Morgan fingerprint density at radius 1 is 1.38 bits per heavy atom. The van der Waals surface area contributed by atoms with Gasteiger partial charge in [-0.3, -0.25) is 10.1 Å². The lowest BCUT2D eigenvalue weighted by molar-refractivity contribution is -0.119. The molecule has 0 aliphatic heterocycles. The summed E-state index contributed by atoms with van der Waals surface area (Å²) in [6.45, 7) is 3.20. The average Bonchev–Trinajstić information content (AvgIpc) is 2.16. The molecule has 0 spiro atoms. The molecule has 0 bridgehead atoms. The summed E-state index contributed by atoms with van der Waals surface area (Å²) >= 11 is 0. The molecule has 94 valence electrons. The Balaban J connectivity index is 4.45. The summed E-state index contributed by atoms with van der Waals surface area (Å²) in [6, 6.07) is -0.706. The highest BCUT2D eigenvalue weighted by Gasteiger charge is 2.28. The third-order valence-electron chi connectivity index (χ3n) is 1.88. The second kappa shape index (κ2) is 6.44. The summed E-state index contributed by atoms with van der Waals surface area (Å²) in [6.07, 6.45) is 0. The molecule has 16 heavy (non-hydrogen) atoms. The number of imide groups is 1. The number of carbonyl (C=O) groups excluding carboxylic acids is 2. The highest BCUT2D eigenvalue weighted by atomic mass is 32.2.